The maximum absolute atomic E-state index is 13.3. The van der Waals surface area contributed by atoms with E-state index in [-0.39, 0.29) is 39.9 Å². The molecule has 0 fully saturated rings. The molecule has 4 aromatic rings. The Morgan fingerprint density at radius 1 is 1.05 bits per heavy atom. The lowest BCUT2D eigenvalue weighted by Crippen LogP contribution is -2.37. The van der Waals surface area contributed by atoms with Crippen LogP contribution in [-0.2, 0) is 13.1 Å². The zero-order valence-corrected chi connectivity index (χ0v) is 21.1. The van der Waals surface area contributed by atoms with Gasteiger partial charge in [-0.1, -0.05) is 46.9 Å². The van der Waals surface area contributed by atoms with Gasteiger partial charge in [-0.05, 0) is 31.2 Å². The Morgan fingerprint density at radius 3 is 2.32 bits per heavy atom. The van der Waals surface area contributed by atoms with Crippen LogP contribution in [0.3, 0.4) is 0 Å². The molecule has 4 rings (SSSR count). The number of rotatable bonds is 7. The van der Waals surface area contributed by atoms with Crippen LogP contribution in [0, 0.1) is 0 Å². The van der Waals surface area contributed by atoms with Gasteiger partial charge in [0.15, 0.2) is 23.6 Å². The Bertz CT molecular complexity index is 1480. The van der Waals surface area contributed by atoms with Crippen molar-refractivity contribution in [3.05, 3.63) is 79.9 Å². The van der Waals surface area contributed by atoms with E-state index in [9.17, 15) is 28.2 Å². The first-order valence-corrected chi connectivity index (χ1v) is 11.8. The van der Waals surface area contributed by atoms with Gasteiger partial charge in [0.25, 0.3) is 0 Å². The predicted molar refractivity (Wildman–Crippen MR) is 130 cm³/mol. The van der Waals surface area contributed by atoms with E-state index in [1.165, 1.54) is 42.1 Å². The molecule has 0 saturated carbocycles. The van der Waals surface area contributed by atoms with Crippen molar-refractivity contribution >= 4 is 34.8 Å². The molecule has 0 spiro atoms. The largest absolute Gasteiger partial charge is 0.416 e. The zero-order chi connectivity index (χ0) is 27.1. The molecule has 9 nitrogen and oxygen atoms in total. The molecule has 0 aliphatic rings. The molecule has 15 heteroatoms. The number of alkyl halides is 3. The first kappa shape index (κ1) is 27.1. The van der Waals surface area contributed by atoms with Gasteiger partial charge in [0.05, 0.1) is 23.8 Å². The van der Waals surface area contributed by atoms with E-state index >= 15 is 0 Å². The van der Waals surface area contributed by atoms with Gasteiger partial charge < -0.3 is 10.2 Å². The second-order valence-electron chi connectivity index (χ2n) is 7.97. The number of pyridine rings is 1. The van der Waals surface area contributed by atoms with Crippen LogP contribution >= 0.6 is 34.8 Å². The lowest BCUT2D eigenvalue weighted by atomic mass is 10.1. The lowest BCUT2D eigenvalue weighted by molar-refractivity contribution is -0.207. The molecule has 1 aromatic carbocycles. The summed E-state index contributed by atoms with van der Waals surface area (Å²) in [5.41, 5.74) is -0.707. The number of aliphatic hydroxyl groups is 2. The minimum Gasteiger partial charge on any atom is -0.385 e. The number of imidazole rings is 1. The highest BCUT2D eigenvalue weighted by molar-refractivity contribution is 6.32. The van der Waals surface area contributed by atoms with Gasteiger partial charge in [-0.2, -0.15) is 17.9 Å². The molecular formula is C22H18Cl3F3N6O3. The molecule has 3 aromatic heterocycles. The Hall–Kier alpha value is -2.90. The third kappa shape index (κ3) is 5.53. The minimum absolute atomic E-state index is 0.00204. The fourth-order valence-electron chi connectivity index (χ4n) is 3.57. The summed E-state index contributed by atoms with van der Waals surface area (Å²) < 4.78 is 42.3. The number of aromatic nitrogens is 6. The van der Waals surface area contributed by atoms with Gasteiger partial charge >= 0.3 is 11.9 Å². The Balaban J connectivity index is 1.83. The van der Waals surface area contributed by atoms with Gasteiger partial charge in [-0.25, -0.2) is 14.8 Å². The Kier molecular flexibility index (Phi) is 7.67. The van der Waals surface area contributed by atoms with Crippen molar-refractivity contribution in [1.82, 2.24) is 28.9 Å². The lowest BCUT2D eigenvalue weighted by Gasteiger charge is -2.16. The maximum Gasteiger partial charge on any atom is 0.416 e. The summed E-state index contributed by atoms with van der Waals surface area (Å²) in [7, 11) is 0. The molecule has 2 N–H and O–H groups in total. The maximum atomic E-state index is 13.3. The summed E-state index contributed by atoms with van der Waals surface area (Å²) in [6.45, 7) is -0.0319. The smallest absolute Gasteiger partial charge is 0.385 e. The third-order valence-corrected chi connectivity index (χ3v) is 6.23. The van der Waals surface area contributed by atoms with E-state index in [1.807, 2.05) is 0 Å². The fourth-order valence-corrected chi connectivity index (χ4v) is 4.24. The predicted octanol–water partition coefficient (Wildman–Crippen LogP) is 4.28. The molecular weight excluding hydrogens is 560 g/mol. The van der Waals surface area contributed by atoms with Crippen molar-refractivity contribution < 1.29 is 23.4 Å². The van der Waals surface area contributed by atoms with E-state index in [0.717, 1.165) is 9.13 Å². The first-order valence-electron chi connectivity index (χ1n) is 10.6. The van der Waals surface area contributed by atoms with Crippen LogP contribution in [0.1, 0.15) is 24.7 Å². The fraction of sp³-hybridized carbons (Fsp3) is 0.273. The summed E-state index contributed by atoms with van der Waals surface area (Å²) in [5.74, 6) is 0.229. The van der Waals surface area contributed by atoms with E-state index in [0.29, 0.717) is 10.6 Å². The van der Waals surface area contributed by atoms with Gasteiger partial charge in [0, 0.05) is 16.8 Å². The Labute approximate surface area is 222 Å². The highest BCUT2D eigenvalue weighted by Gasteiger charge is 2.39. The van der Waals surface area contributed by atoms with E-state index in [1.54, 1.807) is 12.1 Å². The topological polar surface area (TPSA) is 111 Å². The molecule has 3 heterocycles. The summed E-state index contributed by atoms with van der Waals surface area (Å²) in [4.78, 5) is 21.7. The average molecular weight is 578 g/mol. The van der Waals surface area contributed by atoms with Crippen LogP contribution in [0.25, 0.3) is 17.1 Å². The van der Waals surface area contributed by atoms with Gasteiger partial charge in [0.1, 0.15) is 11.3 Å². The van der Waals surface area contributed by atoms with Crippen molar-refractivity contribution in [2.45, 2.75) is 38.4 Å². The summed E-state index contributed by atoms with van der Waals surface area (Å²) >= 11 is 18.6. The molecule has 0 saturated heterocycles. The van der Waals surface area contributed by atoms with Gasteiger partial charge in [0.2, 0.25) is 0 Å². The van der Waals surface area contributed by atoms with Crippen molar-refractivity contribution in [3.8, 4) is 17.1 Å². The van der Waals surface area contributed by atoms with E-state index < -0.39 is 30.6 Å². The standard InChI is InChI=1S/C22H18Cl3F3N6O3/c1-11(35)19-30-16(31-34(19)20-14(24)3-2-8-29-20)10-33-18(25)17(12-4-6-13(23)7-5-12)32(21(33)37)9-15(36)22(26,27)28/h2-8,11,15,35-36H,9-10H2,1H3. The molecule has 2 atom stereocenters. The van der Waals surface area contributed by atoms with Crippen LogP contribution in [0.5, 0.6) is 0 Å². The molecule has 2 unspecified atom stereocenters. The monoisotopic (exact) mass is 576 g/mol. The van der Waals surface area contributed by atoms with E-state index in [4.69, 9.17) is 34.8 Å². The number of aliphatic hydroxyl groups excluding tert-OH is 2. The molecule has 0 radical (unpaired) electrons. The summed E-state index contributed by atoms with van der Waals surface area (Å²) in [6.07, 6.45) is -7.45. The van der Waals surface area contributed by atoms with Crippen molar-refractivity contribution in [2.75, 3.05) is 0 Å². The van der Waals surface area contributed by atoms with Crippen LogP contribution in [0.15, 0.2) is 47.4 Å². The number of halogens is 6. The van der Waals surface area contributed by atoms with Crippen LogP contribution in [0.4, 0.5) is 13.2 Å². The Morgan fingerprint density at radius 2 is 1.73 bits per heavy atom. The van der Waals surface area contributed by atoms with Gasteiger partial charge in [-0.3, -0.25) is 9.13 Å². The third-order valence-electron chi connectivity index (χ3n) is 5.30. The van der Waals surface area contributed by atoms with Crippen molar-refractivity contribution in [3.63, 3.8) is 0 Å². The molecule has 0 aliphatic heterocycles. The van der Waals surface area contributed by atoms with Gasteiger partial charge in [-0.15, -0.1) is 5.10 Å². The number of nitrogens with zero attached hydrogens (tertiary/aromatic N) is 6. The van der Waals surface area contributed by atoms with Crippen molar-refractivity contribution in [1.29, 1.82) is 0 Å². The van der Waals surface area contributed by atoms with Crippen LogP contribution in [0.2, 0.25) is 15.2 Å². The zero-order valence-electron chi connectivity index (χ0n) is 18.9. The van der Waals surface area contributed by atoms with Crippen molar-refractivity contribution in [2.24, 2.45) is 0 Å². The number of hydrogen-bond acceptors (Lipinski definition) is 6. The highest BCUT2D eigenvalue weighted by atomic mass is 35.5. The summed E-state index contributed by atoms with van der Waals surface area (Å²) in [6, 6.07) is 9.07. The molecule has 196 valence electrons. The second-order valence-corrected chi connectivity index (χ2v) is 9.17. The molecule has 0 amide bonds. The second kappa shape index (κ2) is 10.5. The minimum atomic E-state index is -4.97. The van der Waals surface area contributed by atoms with Crippen LogP contribution < -0.4 is 5.69 Å². The first-order chi connectivity index (χ1) is 17.4. The summed E-state index contributed by atoms with van der Waals surface area (Å²) in [5, 5.41) is 24.5. The average Bonchev–Trinajstić information content (AvgIpc) is 3.35. The SMILES string of the molecule is CC(O)c1nc(Cn2c(Cl)c(-c3ccc(Cl)cc3)n(CC(O)C(F)(F)F)c2=O)nn1-c1ncccc1Cl. The quantitative estimate of drug-likeness (QED) is 0.339. The highest BCUT2D eigenvalue weighted by Crippen LogP contribution is 2.31. The number of benzene rings is 1. The molecule has 0 bridgehead atoms. The number of hydrogen-bond donors (Lipinski definition) is 2. The van der Waals surface area contributed by atoms with Crippen LogP contribution in [-0.4, -0.2) is 51.4 Å². The normalized spacial score (nSPS) is 13.6. The van der Waals surface area contributed by atoms with E-state index in [2.05, 4.69) is 15.1 Å². The molecule has 0 aliphatic carbocycles. The molecule has 37 heavy (non-hydrogen) atoms.